The van der Waals surface area contributed by atoms with Crippen molar-refractivity contribution < 1.29 is 9.18 Å². The highest BCUT2D eigenvalue weighted by molar-refractivity contribution is 6.31. The molecule has 5 heteroatoms. The van der Waals surface area contributed by atoms with E-state index in [0.29, 0.717) is 18.0 Å². The minimum atomic E-state index is -0.397. The van der Waals surface area contributed by atoms with Gasteiger partial charge in [0.05, 0.1) is 6.04 Å². The summed E-state index contributed by atoms with van der Waals surface area (Å²) in [5, 5.41) is 3.60. The summed E-state index contributed by atoms with van der Waals surface area (Å²) in [6, 6.07) is 13.1. The number of hydrogen-bond donors (Lipinski definition) is 2. The molecule has 0 saturated carbocycles. The lowest BCUT2D eigenvalue weighted by Gasteiger charge is -2.21. The van der Waals surface area contributed by atoms with E-state index in [1.54, 1.807) is 18.2 Å². The van der Waals surface area contributed by atoms with E-state index in [1.807, 2.05) is 18.2 Å². The van der Waals surface area contributed by atoms with Gasteiger partial charge in [-0.3, -0.25) is 4.79 Å². The van der Waals surface area contributed by atoms with Gasteiger partial charge in [0, 0.05) is 11.4 Å². The SMILES string of the molecule is NCCCCCCC(=O)NC(c1ccc(F)cc1)c1ccccc1Cl. The van der Waals surface area contributed by atoms with E-state index >= 15 is 0 Å². The second-order valence-electron chi connectivity index (χ2n) is 6.03. The molecular weight excluding hydrogens is 339 g/mol. The molecule has 1 unspecified atom stereocenters. The molecule has 0 saturated heterocycles. The van der Waals surface area contributed by atoms with Crippen LogP contribution in [0.25, 0.3) is 0 Å². The van der Waals surface area contributed by atoms with Crippen LogP contribution in [0.5, 0.6) is 0 Å². The molecule has 2 aromatic carbocycles. The van der Waals surface area contributed by atoms with Crippen LogP contribution in [0.3, 0.4) is 0 Å². The number of nitrogens with two attached hydrogens (primary N) is 1. The number of amides is 1. The Labute approximate surface area is 153 Å². The van der Waals surface area contributed by atoms with Crippen molar-refractivity contribution in [2.45, 2.75) is 38.1 Å². The molecule has 0 aliphatic rings. The monoisotopic (exact) mass is 362 g/mol. The molecule has 0 aromatic heterocycles. The van der Waals surface area contributed by atoms with E-state index in [4.69, 9.17) is 17.3 Å². The molecule has 0 aliphatic heterocycles. The van der Waals surface area contributed by atoms with Crippen LogP contribution in [0.15, 0.2) is 48.5 Å². The molecule has 134 valence electrons. The Kier molecular flexibility index (Phi) is 7.89. The number of carbonyl (C=O) groups is 1. The summed E-state index contributed by atoms with van der Waals surface area (Å²) in [6.07, 6.45) is 4.28. The lowest BCUT2D eigenvalue weighted by molar-refractivity contribution is -0.121. The molecule has 3 nitrogen and oxygen atoms in total. The normalized spacial score (nSPS) is 12.0. The number of nitrogens with one attached hydrogen (secondary N) is 1. The fourth-order valence-electron chi connectivity index (χ4n) is 2.72. The Morgan fingerprint density at radius 1 is 1.04 bits per heavy atom. The summed E-state index contributed by atoms with van der Waals surface area (Å²) in [7, 11) is 0. The molecule has 0 heterocycles. The quantitative estimate of drug-likeness (QED) is 0.641. The van der Waals surface area contributed by atoms with Gasteiger partial charge in [0.15, 0.2) is 0 Å². The lowest BCUT2D eigenvalue weighted by atomic mass is 9.98. The van der Waals surface area contributed by atoms with Crippen LogP contribution >= 0.6 is 11.6 Å². The zero-order valence-electron chi connectivity index (χ0n) is 14.2. The van der Waals surface area contributed by atoms with E-state index < -0.39 is 6.04 Å². The average molecular weight is 363 g/mol. The van der Waals surface area contributed by atoms with Crippen molar-refractivity contribution >= 4 is 17.5 Å². The first kappa shape index (κ1) is 19.4. The minimum absolute atomic E-state index is 0.0398. The Morgan fingerprint density at radius 3 is 2.40 bits per heavy atom. The van der Waals surface area contributed by atoms with E-state index in [9.17, 15) is 9.18 Å². The Bertz CT molecular complexity index is 676. The summed E-state index contributed by atoms with van der Waals surface area (Å²) in [5.41, 5.74) is 7.07. The first-order valence-electron chi connectivity index (χ1n) is 8.61. The molecular formula is C20H24ClFN2O. The van der Waals surface area contributed by atoms with Crippen LogP contribution in [0.1, 0.15) is 49.3 Å². The highest BCUT2D eigenvalue weighted by atomic mass is 35.5. The first-order chi connectivity index (χ1) is 12.1. The van der Waals surface area contributed by atoms with Crippen LogP contribution in [0, 0.1) is 5.82 Å². The van der Waals surface area contributed by atoms with Gasteiger partial charge in [-0.05, 0) is 48.7 Å². The molecule has 0 aliphatic carbocycles. The van der Waals surface area contributed by atoms with Gasteiger partial charge in [0.2, 0.25) is 5.91 Å². The summed E-state index contributed by atoms with van der Waals surface area (Å²) >= 11 is 6.31. The number of benzene rings is 2. The van der Waals surface area contributed by atoms with Gasteiger partial charge in [0.25, 0.3) is 0 Å². The number of unbranched alkanes of at least 4 members (excludes halogenated alkanes) is 3. The molecule has 0 spiro atoms. The van der Waals surface area contributed by atoms with Crippen molar-refractivity contribution in [3.05, 3.63) is 70.5 Å². The zero-order valence-corrected chi connectivity index (χ0v) is 14.9. The smallest absolute Gasteiger partial charge is 0.220 e. The summed E-state index contributed by atoms with van der Waals surface area (Å²) in [5.74, 6) is -0.352. The largest absolute Gasteiger partial charge is 0.345 e. The maximum atomic E-state index is 13.2. The van der Waals surface area contributed by atoms with Crippen molar-refractivity contribution in [1.82, 2.24) is 5.32 Å². The molecule has 1 atom stereocenters. The van der Waals surface area contributed by atoms with Gasteiger partial charge in [0.1, 0.15) is 5.82 Å². The van der Waals surface area contributed by atoms with Gasteiger partial charge >= 0.3 is 0 Å². The zero-order chi connectivity index (χ0) is 18.1. The summed E-state index contributed by atoms with van der Waals surface area (Å²) in [4.78, 5) is 12.4. The highest BCUT2D eigenvalue weighted by Crippen LogP contribution is 2.28. The van der Waals surface area contributed by atoms with Crippen LogP contribution in [0.4, 0.5) is 4.39 Å². The van der Waals surface area contributed by atoms with Crippen molar-refractivity contribution in [3.63, 3.8) is 0 Å². The van der Waals surface area contributed by atoms with Crippen LogP contribution < -0.4 is 11.1 Å². The Hall–Kier alpha value is -1.91. The standard InChI is InChI=1S/C20H24ClFN2O/c21-18-8-5-4-7-17(18)20(15-10-12-16(22)13-11-15)24-19(25)9-3-1-2-6-14-23/h4-5,7-8,10-13,20H,1-3,6,9,14,23H2,(H,24,25). The van der Waals surface area contributed by atoms with Crippen molar-refractivity contribution in [2.24, 2.45) is 5.73 Å². The molecule has 0 radical (unpaired) electrons. The number of halogens is 2. The van der Waals surface area contributed by atoms with Crippen LogP contribution in [-0.2, 0) is 4.79 Å². The molecule has 0 fully saturated rings. The summed E-state index contributed by atoms with van der Waals surface area (Å²) in [6.45, 7) is 0.686. The molecule has 0 bridgehead atoms. The molecule has 3 N–H and O–H groups in total. The van der Waals surface area contributed by atoms with Gasteiger partial charge in [-0.2, -0.15) is 0 Å². The number of carbonyl (C=O) groups excluding carboxylic acids is 1. The van der Waals surface area contributed by atoms with E-state index in [2.05, 4.69) is 5.32 Å². The molecule has 25 heavy (non-hydrogen) atoms. The third-order valence-corrected chi connectivity index (χ3v) is 4.43. The minimum Gasteiger partial charge on any atom is -0.345 e. The van der Waals surface area contributed by atoms with Crippen molar-refractivity contribution in [1.29, 1.82) is 0 Å². The molecule has 2 aromatic rings. The van der Waals surface area contributed by atoms with Crippen LogP contribution in [-0.4, -0.2) is 12.5 Å². The molecule has 2 rings (SSSR count). The maximum Gasteiger partial charge on any atom is 0.220 e. The number of rotatable bonds is 9. The fraction of sp³-hybridized carbons (Fsp3) is 0.350. The van der Waals surface area contributed by atoms with E-state index in [-0.39, 0.29) is 11.7 Å². The Balaban J connectivity index is 2.09. The second-order valence-corrected chi connectivity index (χ2v) is 6.43. The predicted molar refractivity (Wildman–Crippen MR) is 100.0 cm³/mol. The van der Waals surface area contributed by atoms with Gasteiger partial charge in [-0.25, -0.2) is 4.39 Å². The van der Waals surface area contributed by atoms with Crippen molar-refractivity contribution in [2.75, 3.05) is 6.54 Å². The third-order valence-electron chi connectivity index (χ3n) is 4.08. The van der Waals surface area contributed by atoms with Gasteiger partial charge in [-0.1, -0.05) is 54.8 Å². The number of hydrogen-bond acceptors (Lipinski definition) is 2. The van der Waals surface area contributed by atoms with Crippen LogP contribution in [0.2, 0.25) is 5.02 Å². The van der Waals surface area contributed by atoms with Gasteiger partial charge < -0.3 is 11.1 Å². The van der Waals surface area contributed by atoms with E-state index in [1.165, 1.54) is 12.1 Å². The highest BCUT2D eigenvalue weighted by Gasteiger charge is 2.19. The van der Waals surface area contributed by atoms with Crippen molar-refractivity contribution in [3.8, 4) is 0 Å². The predicted octanol–water partition coefficient (Wildman–Crippen LogP) is 4.59. The third kappa shape index (κ3) is 6.15. The average Bonchev–Trinajstić information content (AvgIpc) is 2.61. The fourth-order valence-corrected chi connectivity index (χ4v) is 2.97. The Morgan fingerprint density at radius 2 is 1.72 bits per heavy atom. The lowest BCUT2D eigenvalue weighted by Crippen LogP contribution is -2.29. The second kappa shape index (κ2) is 10.2. The van der Waals surface area contributed by atoms with Gasteiger partial charge in [-0.15, -0.1) is 0 Å². The first-order valence-corrected chi connectivity index (χ1v) is 8.99. The van der Waals surface area contributed by atoms with E-state index in [0.717, 1.165) is 36.8 Å². The summed E-state index contributed by atoms with van der Waals surface area (Å²) < 4.78 is 13.2. The topological polar surface area (TPSA) is 55.1 Å². The maximum absolute atomic E-state index is 13.2. The molecule has 1 amide bonds.